The molecule has 0 aliphatic carbocycles. The summed E-state index contributed by atoms with van der Waals surface area (Å²) in [4.78, 5) is 2.24. The zero-order valence-electron chi connectivity index (χ0n) is 11.2. The Balaban J connectivity index is 2.46. The first-order valence-electron chi connectivity index (χ1n) is 6.22. The molecule has 0 saturated carbocycles. The third-order valence-electron chi connectivity index (χ3n) is 2.63. The van der Waals surface area contributed by atoms with Crippen molar-refractivity contribution in [2.75, 3.05) is 13.6 Å². The first-order valence-corrected chi connectivity index (χ1v) is 6.22. The maximum absolute atomic E-state index is 3.75. The number of rotatable bonds is 7. The van der Waals surface area contributed by atoms with Gasteiger partial charge in [0.05, 0.1) is 0 Å². The normalized spacial score (nSPS) is 11.1. The summed E-state index contributed by atoms with van der Waals surface area (Å²) in [6.45, 7) is 10.9. The van der Waals surface area contributed by atoms with Gasteiger partial charge in [0.2, 0.25) is 0 Å². The predicted octanol–water partition coefficient (Wildman–Crippen LogP) is 2.80. The van der Waals surface area contributed by atoms with Crippen molar-refractivity contribution in [1.29, 1.82) is 0 Å². The Bertz CT molecular complexity index is 327. The lowest BCUT2D eigenvalue weighted by Gasteiger charge is -2.14. The fourth-order valence-electron chi connectivity index (χ4n) is 1.68. The molecule has 0 aliphatic rings. The van der Waals surface area contributed by atoms with Gasteiger partial charge in [-0.15, -0.1) is 6.58 Å². The van der Waals surface area contributed by atoms with Gasteiger partial charge in [-0.3, -0.25) is 4.90 Å². The lowest BCUT2D eigenvalue weighted by Crippen LogP contribution is -2.21. The van der Waals surface area contributed by atoms with Crippen molar-refractivity contribution >= 4 is 0 Å². The summed E-state index contributed by atoms with van der Waals surface area (Å²) < 4.78 is 0. The quantitative estimate of drug-likeness (QED) is 0.727. The van der Waals surface area contributed by atoms with E-state index >= 15 is 0 Å². The number of nitrogens with one attached hydrogen (secondary N) is 1. The van der Waals surface area contributed by atoms with Crippen LogP contribution in [0.5, 0.6) is 0 Å². The highest BCUT2D eigenvalue weighted by Crippen LogP contribution is 2.07. The molecule has 1 aromatic carbocycles. The maximum atomic E-state index is 3.75. The molecule has 0 bridgehead atoms. The molecule has 0 heterocycles. The van der Waals surface area contributed by atoms with Crippen LogP contribution >= 0.6 is 0 Å². The van der Waals surface area contributed by atoms with E-state index < -0.39 is 0 Å². The lowest BCUT2D eigenvalue weighted by atomic mass is 10.1. The first-order chi connectivity index (χ1) is 8.11. The second-order valence-corrected chi connectivity index (χ2v) is 4.84. The van der Waals surface area contributed by atoms with E-state index in [4.69, 9.17) is 0 Å². The molecule has 0 aromatic heterocycles. The van der Waals surface area contributed by atoms with Crippen LogP contribution in [0.15, 0.2) is 36.9 Å². The zero-order valence-corrected chi connectivity index (χ0v) is 11.2. The van der Waals surface area contributed by atoms with Gasteiger partial charge in [0.25, 0.3) is 0 Å². The van der Waals surface area contributed by atoms with E-state index in [2.05, 4.69) is 62.0 Å². The molecule has 0 radical (unpaired) electrons. The van der Waals surface area contributed by atoms with E-state index in [0.717, 1.165) is 19.6 Å². The van der Waals surface area contributed by atoms with Crippen molar-refractivity contribution in [1.82, 2.24) is 10.2 Å². The number of likely N-dealkylation sites (N-methyl/N-ethyl adjacent to an activating group) is 1. The molecule has 1 rings (SSSR count). The molecular formula is C15H24N2. The maximum Gasteiger partial charge on any atom is 0.0233 e. The first kappa shape index (κ1) is 13.9. The minimum Gasteiger partial charge on any atom is -0.310 e. The van der Waals surface area contributed by atoms with Gasteiger partial charge in [-0.1, -0.05) is 44.2 Å². The minimum atomic E-state index is 0.536. The highest BCUT2D eigenvalue weighted by atomic mass is 15.1. The monoisotopic (exact) mass is 232 g/mol. The zero-order chi connectivity index (χ0) is 12.7. The van der Waals surface area contributed by atoms with E-state index in [0.29, 0.717) is 6.04 Å². The number of hydrogen-bond donors (Lipinski definition) is 1. The third kappa shape index (κ3) is 5.66. The molecule has 0 aliphatic heterocycles. The Morgan fingerprint density at radius 1 is 1.24 bits per heavy atom. The van der Waals surface area contributed by atoms with E-state index in [1.165, 1.54) is 11.1 Å². The van der Waals surface area contributed by atoms with Crippen molar-refractivity contribution < 1.29 is 0 Å². The van der Waals surface area contributed by atoms with Gasteiger partial charge in [-0.2, -0.15) is 0 Å². The van der Waals surface area contributed by atoms with Crippen LogP contribution in [-0.2, 0) is 13.1 Å². The molecule has 2 nitrogen and oxygen atoms in total. The number of hydrogen-bond acceptors (Lipinski definition) is 2. The molecule has 0 atom stereocenters. The Morgan fingerprint density at radius 3 is 2.35 bits per heavy atom. The highest BCUT2D eigenvalue weighted by Gasteiger charge is 1.99. The smallest absolute Gasteiger partial charge is 0.0233 e. The molecule has 0 fully saturated rings. The summed E-state index contributed by atoms with van der Waals surface area (Å²) in [6, 6.07) is 9.35. The van der Waals surface area contributed by atoms with Crippen LogP contribution in [-0.4, -0.2) is 24.5 Å². The molecule has 1 N–H and O–H groups in total. The van der Waals surface area contributed by atoms with Crippen LogP contribution < -0.4 is 5.32 Å². The summed E-state index contributed by atoms with van der Waals surface area (Å²) in [6.07, 6.45) is 1.93. The molecule has 0 amide bonds. The van der Waals surface area contributed by atoms with Gasteiger partial charge < -0.3 is 5.32 Å². The van der Waals surface area contributed by atoms with Crippen LogP contribution in [0.1, 0.15) is 25.0 Å². The second-order valence-electron chi connectivity index (χ2n) is 4.84. The summed E-state index contributed by atoms with van der Waals surface area (Å²) in [5.41, 5.74) is 2.69. The summed E-state index contributed by atoms with van der Waals surface area (Å²) in [5, 5.41) is 3.42. The second kappa shape index (κ2) is 7.25. The van der Waals surface area contributed by atoms with Crippen LogP contribution in [0.3, 0.4) is 0 Å². The Labute approximate surface area is 105 Å². The molecule has 0 spiro atoms. The van der Waals surface area contributed by atoms with E-state index in [1.54, 1.807) is 0 Å². The van der Waals surface area contributed by atoms with Crippen molar-refractivity contribution in [3.63, 3.8) is 0 Å². The topological polar surface area (TPSA) is 15.3 Å². The molecule has 0 unspecified atom stereocenters. The fraction of sp³-hybridized carbons (Fsp3) is 0.467. The van der Waals surface area contributed by atoms with Crippen molar-refractivity contribution in [3.05, 3.63) is 48.0 Å². The number of benzene rings is 1. The number of nitrogens with zero attached hydrogens (tertiary/aromatic N) is 1. The van der Waals surface area contributed by atoms with Crippen molar-refractivity contribution in [3.8, 4) is 0 Å². The van der Waals surface area contributed by atoms with E-state index in [9.17, 15) is 0 Å². The fourth-order valence-corrected chi connectivity index (χ4v) is 1.68. The Kier molecular flexibility index (Phi) is 5.95. The molecule has 17 heavy (non-hydrogen) atoms. The predicted molar refractivity (Wildman–Crippen MR) is 74.9 cm³/mol. The van der Waals surface area contributed by atoms with Gasteiger partial charge in [0, 0.05) is 25.7 Å². The molecular weight excluding hydrogens is 208 g/mol. The largest absolute Gasteiger partial charge is 0.310 e. The molecule has 0 saturated heterocycles. The van der Waals surface area contributed by atoms with Crippen LogP contribution in [0.4, 0.5) is 0 Å². The van der Waals surface area contributed by atoms with Crippen LogP contribution in [0.2, 0.25) is 0 Å². The Hall–Kier alpha value is -1.12. The highest BCUT2D eigenvalue weighted by molar-refractivity contribution is 5.22. The standard InChI is InChI=1S/C15H24N2/c1-5-10-17(4)12-15-8-6-14(7-9-15)11-16-13(2)3/h5-9,13,16H,1,10-12H2,2-4H3. The van der Waals surface area contributed by atoms with Crippen molar-refractivity contribution in [2.24, 2.45) is 0 Å². The third-order valence-corrected chi connectivity index (χ3v) is 2.63. The minimum absolute atomic E-state index is 0.536. The summed E-state index contributed by atoms with van der Waals surface area (Å²) >= 11 is 0. The van der Waals surface area contributed by atoms with Crippen molar-refractivity contribution in [2.45, 2.75) is 33.0 Å². The average molecular weight is 232 g/mol. The van der Waals surface area contributed by atoms with Gasteiger partial charge in [0.1, 0.15) is 0 Å². The average Bonchev–Trinajstić information content (AvgIpc) is 2.28. The SMILES string of the molecule is C=CCN(C)Cc1ccc(CNC(C)C)cc1. The molecule has 1 aromatic rings. The van der Waals surface area contributed by atoms with Gasteiger partial charge in [-0.05, 0) is 18.2 Å². The van der Waals surface area contributed by atoms with Gasteiger partial charge >= 0.3 is 0 Å². The van der Waals surface area contributed by atoms with E-state index in [1.807, 2.05) is 6.08 Å². The van der Waals surface area contributed by atoms with Gasteiger partial charge in [-0.25, -0.2) is 0 Å². The summed E-state index contributed by atoms with van der Waals surface area (Å²) in [5.74, 6) is 0. The lowest BCUT2D eigenvalue weighted by molar-refractivity contribution is 0.363. The Morgan fingerprint density at radius 2 is 1.82 bits per heavy atom. The van der Waals surface area contributed by atoms with Gasteiger partial charge in [0.15, 0.2) is 0 Å². The summed E-state index contributed by atoms with van der Waals surface area (Å²) in [7, 11) is 2.11. The molecule has 2 heteroatoms. The van der Waals surface area contributed by atoms with Crippen LogP contribution in [0.25, 0.3) is 0 Å². The van der Waals surface area contributed by atoms with Crippen LogP contribution in [0, 0.1) is 0 Å². The van der Waals surface area contributed by atoms with E-state index in [-0.39, 0.29) is 0 Å². The molecule has 94 valence electrons.